The van der Waals surface area contributed by atoms with Crippen molar-refractivity contribution in [2.45, 2.75) is 19.9 Å². The molecule has 5 nitrogen and oxygen atoms in total. The summed E-state index contributed by atoms with van der Waals surface area (Å²) in [6.07, 6.45) is 0. The Morgan fingerprint density at radius 2 is 1.86 bits per heavy atom. The van der Waals surface area contributed by atoms with E-state index in [2.05, 4.69) is 11.9 Å². The number of nitro benzene ring substituents is 1. The van der Waals surface area contributed by atoms with Crippen LogP contribution in [0.4, 0.5) is 5.69 Å². The fraction of sp³-hybridized carbons (Fsp3) is 0.188. The monoisotopic (exact) mass is 281 g/mol. The second-order valence-corrected chi connectivity index (χ2v) is 5.02. The van der Waals surface area contributed by atoms with Gasteiger partial charge in [-0.15, -0.1) is 0 Å². The summed E-state index contributed by atoms with van der Waals surface area (Å²) in [5, 5.41) is 11.1. The SMILES string of the molecule is Cc1nc2c([N+](=O)[O-])cccc2n1C(C)c1ccccc1. The molecule has 2 aromatic carbocycles. The fourth-order valence-corrected chi connectivity index (χ4v) is 2.74. The second-order valence-electron chi connectivity index (χ2n) is 5.02. The third kappa shape index (κ3) is 2.16. The van der Waals surface area contributed by atoms with Crippen molar-refractivity contribution in [3.63, 3.8) is 0 Å². The first kappa shape index (κ1) is 13.3. The summed E-state index contributed by atoms with van der Waals surface area (Å²) in [6.45, 7) is 3.95. The molecule has 5 heteroatoms. The maximum absolute atomic E-state index is 11.1. The van der Waals surface area contributed by atoms with Crippen LogP contribution in [0.15, 0.2) is 48.5 Å². The number of hydrogen-bond donors (Lipinski definition) is 0. The minimum atomic E-state index is -0.383. The molecule has 0 amide bonds. The van der Waals surface area contributed by atoms with Gasteiger partial charge in [-0.2, -0.15) is 0 Å². The van der Waals surface area contributed by atoms with Crippen LogP contribution in [0, 0.1) is 17.0 Å². The summed E-state index contributed by atoms with van der Waals surface area (Å²) in [4.78, 5) is 15.2. The van der Waals surface area contributed by atoms with Gasteiger partial charge in [0.15, 0.2) is 5.52 Å². The highest BCUT2D eigenvalue weighted by Gasteiger charge is 2.20. The van der Waals surface area contributed by atoms with Crippen LogP contribution in [0.25, 0.3) is 11.0 Å². The Kier molecular flexibility index (Phi) is 3.17. The highest BCUT2D eigenvalue weighted by Crippen LogP contribution is 2.30. The Labute approximate surface area is 122 Å². The third-order valence-corrected chi connectivity index (χ3v) is 3.74. The van der Waals surface area contributed by atoms with Crippen LogP contribution in [0.2, 0.25) is 0 Å². The van der Waals surface area contributed by atoms with Gasteiger partial charge >= 0.3 is 0 Å². The smallest absolute Gasteiger partial charge is 0.297 e. The predicted octanol–water partition coefficient (Wildman–Crippen LogP) is 3.86. The molecule has 0 fully saturated rings. The molecular weight excluding hydrogens is 266 g/mol. The Bertz CT molecular complexity index is 809. The Balaban J connectivity index is 2.22. The van der Waals surface area contributed by atoms with Gasteiger partial charge in [0, 0.05) is 6.07 Å². The lowest BCUT2D eigenvalue weighted by Crippen LogP contribution is -2.08. The molecule has 21 heavy (non-hydrogen) atoms. The minimum absolute atomic E-state index is 0.0506. The second kappa shape index (κ2) is 5.01. The quantitative estimate of drug-likeness (QED) is 0.541. The van der Waals surface area contributed by atoms with E-state index in [0.29, 0.717) is 5.52 Å². The van der Waals surface area contributed by atoms with E-state index in [-0.39, 0.29) is 16.7 Å². The topological polar surface area (TPSA) is 61.0 Å². The number of nitro groups is 1. The average molecular weight is 281 g/mol. The van der Waals surface area contributed by atoms with E-state index in [0.717, 1.165) is 16.9 Å². The zero-order valence-electron chi connectivity index (χ0n) is 11.9. The van der Waals surface area contributed by atoms with E-state index in [1.165, 1.54) is 6.07 Å². The van der Waals surface area contributed by atoms with Gasteiger partial charge in [0.25, 0.3) is 5.69 Å². The van der Waals surface area contributed by atoms with E-state index in [9.17, 15) is 10.1 Å². The van der Waals surface area contributed by atoms with Gasteiger partial charge < -0.3 is 4.57 Å². The zero-order chi connectivity index (χ0) is 15.0. The molecule has 0 saturated carbocycles. The molecule has 1 unspecified atom stereocenters. The van der Waals surface area contributed by atoms with Crippen LogP contribution in [0.5, 0.6) is 0 Å². The Morgan fingerprint density at radius 3 is 2.52 bits per heavy atom. The molecule has 0 aliphatic carbocycles. The first-order valence-corrected chi connectivity index (χ1v) is 6.76. The first-order valence-electron chi connectivity index (χ1n) is 6.76. The van der Waals surface area contributed by atoms with Crippen molar-refractivity contribution in [1.29, 1.82) is 0 Å². The van der Waals surface area contributed by atoms with Gasteiger partial charge in [-0.25, -0.2) is 4.98 Å². The van der Waals surface area contributed by atoms with Gasteiger partial charge in [-0.3, -0.25) is 10.1 Å². The Hall–Kier alpha value is -2.69. The lowest BCUT2D eigenvalue weighted by atomic mass is 10.1. The van der Waals surface area contributed by atoms with Gasteiger partial charge in [0.2, 0.25) is 0 Å². The van der Waals surface area contributed by atoms with Crippen LogP contribution in [0.1, 0.15) is 24.4 Å². The van der Waals surface area contributed by atoms with E-state index in [1.807, 2.05) is 47.9 Å². The van der Waals surface area contributed by atoms with Crippen LogP contribution in [0.3, 0.4) is 0 Å². The molecule has 0 aliphatic heterocycles. The van der Waals surface area contributed by atoms with E-state index >= 15 is 0 Å². The number of aryl methyl sites for hydroxylation is 1. The number of para-hydroxylation sites is 1. The zero-order valence-corrected chi connectivity index (χ0v) is 11.9. The molecule has 1 atom stereocenters. The molecule has 3 rings (SSSR count). The third-order valence-electron chi connectivity index (χ3n) is 3.74. The molecule has 0 spiro atoms. The summed E-state index contributed by atoms with van der Waals surface area (Å²) >= 11 is 0. The van der Waals surface area contributed by atoms with Gasteiger partial charge in [-0.05, 0) is 25.5 Å². The van der Waals surface area contributed by atoms with Gasteiger partial charge in [-0.1, -0.05) is 36.4 Å². The maximum atomic E-state index is 11.1. The number of rotatable bonds is 3. The predicted molar refractivity (Wildman–Crippen MR) is 81.4 cm³/mol. The Morgan fingerprint density at radius 1 is 1.14 bits per heavy atom. The molecule has 0 radical (unpaired) electrons. The summed E-state index contributed by atoms with van der Waals surface area (Å²) < 4.78 is 2.04. The molecule has 3 aromatic rings. The fourth-order valence-electron chi connectivity index (χ4n) is 2.74. The molecule has 1 aromatic heterocycles. The van der Waals surface area contributed by atoms with Crippen LogP contribution in [-0.4, -0.2) is 14.5 Å². The summed E-state index contributed by atoms with van der Waals surface area (Å²) in [5.74, 6) is 0.774. The molecule has 1 heterocycles. The van der Waals surface area contributed by atoms with Crippen LogP contribution < -0.4 is 0 Å². The van der Waals surface area contributed by atoms with Gasteiger partial charge in [0.1, 0.15) is 5.82 Å². The average Bonchev–Trinajstić information content (AvgIpc) is 2.82. The van der Waals surface area contributed by atoms with Gasteiger partial charge in [0.05, 0.1) is 16.5 Å². The standard InChI is InChI=1S/C16H15N3O2/c1-11(13-7-4-3-5-8-13)18-12(2)17-16-14(18)9-6-10-15(16)19(20)21/h3-11H,1-2H3. The largest absolute Gasteiger partial charge is 0.321 e. The number of aromatic nitrogens is 2. The first-order chi connectivity index (χ1) is 10.1. The minimum Gasteiger partial charge on any atom is -0.321 e. The number of hydrogen-bond acceptors (Lipinski definition) is 3. The van der Waals surface area contributed by atoms with Crippen molar-refractivity contribution < 1.29 is 4.92 Å². The number of non-ortho nitro benzene ring substituents is 1. The van der Waals surface area contributed by atoms with E-state index in [1.54, 1.807) is 6.07 Å². The summed E-state index contributed by atoms with van der Waals surface area (Å²) in [6, 6.07) is 15.2. The summed E-state index contributed by atoms with van der Waals surface area (Å²) in [7, 11) is 0. The molecule has 0 aliphatic rings. The van der Waals surface area contributed by atoms with E-state index < -0.39 is 0 Å². The molecule has 0 bridgehead atoms. The summed E-state index contributed by atoms with van der Waals surface area (Å²) in [5.41, 5.74) is 2.43. The number of benzene rings is 2. The highest BCUT2D eigenvalue weighted by atomic mass is 16.6. The highest BCUT2D eigenvalue weighted by molar-refractivity contribution is 5.85. The number of imidazole rings is 1. The van der Waals surface area contributed by atoms with Crippen molar-refractivity contribution in [3.8, 4) is 0 Å². The van der Waals surface area contributed by atoms with Crippen molar-refractivity contribution in [3.05, 3.63) is 70.0 Å². The van der Waals surface area contributed by atoms with Crippen LogP contribution in [-0.2, 0) is 0 Å². The van der Waals surface area contributed by atoms with Crippen molar-refractivity contribution in [2.24, 2.45) is 0 Å². The number of fused-ring (bicyclic) bond motifs is 1. The lowest BCUT2D eigenvalue weighted by molar-refractivity contribution is -0.383. The molecule has 106 valence electrons. The van der Waals surface area contributed by atoms with Crippen molar-refractivity contribution in [2.75, 3.05) is 0 Å². The molecular formula is C16H15N3O2. The van der Waals surface area contributed by atoms with Crippen molar-refractivity contribution in [1.82, 2.24) is 9.55 Å². The van der Waals surface area contributed by atoms with E-state index in [4.69, 9.17) is 0 Å². The normalized spacial score (nSPS) is 12.5. The lowest BCUT2D eigenvalue weighted by Gasteiger charge is -2.16. The number of nitrogens with zero attached hydrogens (tertiary/aromatic N) is 3. The maximum Gasteiger partial charge on any atom is 0.297 e. The van der Waals surface area contributed by atoms with Crippen molar-refractivity contribution >= 4 is 16.7 Å². The molecule has 0 saturated heterocycles. The van der Waals surface area contributed by atoms with Crippen LogP contribution >= 0.6 is 0 Å². The molecule has 0 N–H and O–H groups in total.